The minimum absolute atomic E-state index is 0.00405. The summed E-state index contributed by atoms with van der Waals surface area (Å²) in [6, 6.07) is 3.63. The highest BCUT2D eigenvalue weighted by atomic mass is 32.2. The number of allylic oxidation sites excluding steroid dienone is 1. The lowest BCUT2D eigenvalue weighted by atomic mass is 9.88. The van der Waals surface area contributed by atoms with Gasteiger partial charge in [0.2, 0.25) is 27.7 Å². The molecule has 0 spiro atoms. The van der Waals surface area contributed by atoms with E-state index in [4.69, 9.17) is 14.2 Å². The zero-order chi connectivity index (χ0) is 41.4. The summed E-state index contributed by atoms with van der Waals surface area (Å²) < 4.78 is 46.3. The number of hydrogen-bond donors (Lipinski definition) is 3. The molecule has 0 bridgehead atoms. The second kappa shape index (κ2) is 14.8. The minimum atomic E-state index is -4.00. The van der Waals surface area contributed by atoms with Gasteiger partial charge in [0.15, 0.2) is 5.75 Å². The molecule has 1 saturated heterocycles. The van der Waals surface area contributed by atoms with Gasteiger partial charge in [-0.2, -0.15) is 0 Å². The van der Waals surface area contributed by atoms with Gasteiger partial charge in [0.25, 0.3) is 5.91 Å². The van der Waals surface area contributed by atoms with E-state index in [1.54, 1.807) is 13.1 Å². The monoisotopic (exact) mass is 832 g/mol. The molecule has 318 valence electrons. The topological polar surface area (TPSA) is 186 Å². The average molecular weight is 833 g/mol. The molecule has 3 aliphatic heterocycles. The molecular formula is C43H56N6O9S. The van der Waals surface area contributed by atoms with Gasteiger partial charge in [-0.1, -0.05) is 26.0 Å². The Labute approximate surface area is 345 Å². The van der Waals surface area contributed by atoms with Crippen LogP contribution in [0.2, 0.25) is 0 Å². The number of fused-ring (bicyclic) bond motifs is 6. The van der Waals surface area contributed by atoms with E-state index in [0.29, 0.717) is 55.4 Å². The first kappa shape index (κ1) is 39.8. The third-order valence-electron chi connectivity index (χ3n) is 14.2. The molecule has 4 amide bonds. The van der Waals surface area contributed by atoms with Gasteiger partial charge in [0, 0.05) is 36.4 Å². The predicted octanol–water partition coefficient (Wildman–Crippen LogP) is 4.19. The number of carbonyl (C=O) groups excluding carboxylic acids is 4. The fraction of sp³-hybridized carbons (Fsp3) is 0.651. The van der Waals surface area contributed by atoms with Crippen molar-refractivity contribution in [1.29, 1.82) is 0 Å². The Morgan fingerprint density at radius 2 is 1.80 bits per heavy atom. The van der Waals surface area contributed by atoms with Crippen LogP contribution in [0, 0.1) is 29.6 Å². The number of nitrogens with one attached hydrogen (secondary N) is 3. The molecule has 4 heterocycles. The number of pyridine rings is 1. The van der Waals surface area contributed by atoms with Crippen molar-refractivity contribution in [3.8, 4) is 11.6 Å². The highest BCUT2D eigenvalue weighted by Gasteiger charge is 2.63. The molecule has 59 heavy (non-hydrogen) atoms. The van der Waals surface area contributed by atoms with Crippen LogP contribution in [0.4, 0.5) is 10.5 Å². The summed E-state index contributed by atoms with van der Waals surface area (Å²) in [5.41, 5.74) is -0.573. The van der Waals surface area contributed by atoms with Gasteiger partial charge < -0.3 is 34.6 Å². The van der Waals surface area contributed by atoms with Gasteiger partial charge in [-0.25, -0.2) is 18.2 Å². The van der Waals surface area contributed by atoms with Gasteiger partial charge in [-0.3, -0.25) is 19.1 Å². The summed E-state index contributed by atoms with van der Waals surface area (Å²) in [7, 11) is -1.99. The lowest BCUT2D eigenvalue weighted by Gasteiger charge is -2.33. The quantitative estimate of drug-likeness (QED) is 0.340. The second-order valence-corrected chi connectivity index (χ2v) is 20.9. The van der Waals surface area contributed by atoms with Crippen molar-refractivity contribution in [2.24, 2.45) is 29.6 Å². The molecule has 10 atom stereocenters. The first-order chi connectivity index (χ1) is 28.1. The normalized spacial score (nSPS) is 35.3. The third-order valence-corrected chi connectivity index (χ3v) is 16.4. The summed E-state index contributed by atoms with van der Waals surface area (Å²) in [6.07, 6.45) is 10.1. The molecule has 2 aromatic rings. The standard InChI is InChI=1S/C43H56N6O9S/c1-24-7-5-6-8-28-22-43(28,40(52)47-59(54,55)42(3)12-13-42)46-37(50)34-21-30(57-38-32-9-10-33-36(31(32)11-14-44-38)56-16-15-48(33)4)23-49(34)39(51)35(25(2)17-24)45-41(53)58-29-19-26-18-27(26)20-29/h6,8-11,14,24-30,34-35H,5,7,12-13,15-23H2,1-4H3,(H,45,53)(H,46,50)(H,47,52)/b8-6-/t24-,25+,26-,27+,28?,29?,30+,34-,35-,43+/m0/s1. The zero-order valence-corrected chi connectivity index (χ0v) is 35.1. The molecule has 15 nitrogen and oxygen atoms in total. The van der Waals surface area contributed by atoms with E-state index in [2.05, 4.69) is 32.2 Å². The van der Waals surface area contributed by atoms with Gasteiger partial charge >= 0.3 is 6.09 Å². The number of hydrogen-bond acceptors (Lipinski definition) is 11. The fourth-order valence-corrected chi connectivity index (χ4v) is 11.3. The van der Waals surface area contributed by atoms with Gasteiger partial charge in [0.1, 0.15) is 36.4 Å². The number of anilines is 1. The van der Waals surface area contributed by atoms with Crippen molar-refractivity contribution in [3.05, 3.63) is 36.5 Å². The first-order valence-electron chi connectivity index (χ1n) is 21.4. The number of aromatic nitrogens is 1. The molecule has 16 heteroatoms. The van der Waals surface area contributed by atoms with Crippen molar-refractivity contribution in [2.75, 3.05) is 31.6 Å². The average Bonchev–Trinajstić information content (AvgIpc) is 4.15. The number of rotatable bonds is 7. The summed E-state index contributed by atoms with van der Waals surface area (Å²) >= 11 is 0. The number of nitrogens with zero attached hydrogens (tertiary/aromatic N) is 3. The van der Waals surface area contributed by atoms with Crippen LogP contribution in [-0.4, -0.2) is 103 Å². The van der Waals surface area contributed by atoms with Crippen LogP contribution in [0.15, 0.2) is 36.5 Å². The number of ether oxygens (including phenoxy) is 3. The molecule has 9 rings (SSSR count). The molecule has 7 aliphatic rings. The molecular weight excluding hydrogens is 777 g/mol. The maximum absolute atomic E-state index is 15.0. The summed E-state index contributed by atoms with van der Waals surface area (Å²) in [5, 5.41) is 7.40. The lowest BCUT2D eigenvalue weighted by Crippen LogP contribution is -2.59. The summed E-state index contributed by atoms with van der Waals surface area (Å²) in [6.45, 7) is 6.93. The largest absolute Gasteiger partial charge is 0.489 e. The Bertz CT molecular complexity index is 2190. The van der Waals surface area contributed by atoms with Crippen molar-refractivity contribution in [2.45, 2.75) is 120 Å². The molecule has 1 aromatic heterocycles. The Morgan fingerprint density at radius 1 is 1.02 bits per heavy atom. The van der Waals surface area contributed by atoms with Crippen molar-refractivity contribution < 1.29 is 41.8 Å². The Morgan fingerprint density at radius 3 is 2.56 bits per heavy atom. The van der Waals surface area contributed by atoms with Crippen molar-refractivity contribution >= 4 is 50.3 Å². The number of likely N-dealkylation sites (N-methyl/N-ethyl adjacent to an activating group) is 1. The van der Waals surface area contributed by atoms with Crippen LogP contribution in [0.1, 0.15) is 85.0 Å². The van der Waals surface area contributed by atoms with E-state index in [-0.39, 0.29) is 37.3 Å². The molecule has 4 saturated carbocycles. The van der Waals surface area contributed by atoms with Crippen molar-refractivity contribution in [1.82, 2.24) is 25.2 Å². The van der Waals surface area contributed by atoms with Gasteiger partial charge in [0.05, 0.1) is 23.5 Å². The molecule has 2 unspecified atom stereocenters. The number of carbonyl (C=O) groups is 4. The maximum atomic E-state index is 15.0. The summed E-state index contributed by atoms with van der Waals surface area (Å²) in [5.74, 6) is -0.185. The van der Waals surface area contributed by atoms with Crippen LogP contribution in [0.25, 0.3) is 10.8 Å². The van der Waals surface area contributed by atoms with Crippen LogP contribution in [-0.2, 0) is 29.1 Å². The molecule has 3 N–H and O–H groups in total. The van der Waals surface area contributed by atoms with Gasteiger partial charge in [-0.15, -0.1) is 0 Å². The first-order valence-corrected chi connectivity index (χ1v) is 22.9. The number of alkyl carbamates (subject to hydrolysis) is 1. The third kappa shape index (κ3) is 7.58. The van der Waals surface area contributed by atoms with Crippen LogP contribution < -0.4 is 29.7 Å². The van der Waals surface area contributed by atoms with E-state index in [9.17, 15) is 27.6 Å². The molecule has 5 fully saturated rings. The van der Waals surface area contributed by atoms with Crippen LogP contribution in [0.3, 0.4) is 0 Å². The minimum Gasteiger partial charge on any atom is -0.489 e. The maximum Gasteiger partial charge on any atom is 0.408 e. The second-order valence-electron chi connectivity index (χ2n) is 18.7. The van der Waals surface area contributed by atoms with E-state index >= 15 is 0 Å². The highest BCUT2D eigenvalue weighted by molar-refractivity contribution is 7.91. The molecule has 1 aromatic carbocycles. The number of benzene rings is 1. The van der Waals surface area contributed by atoms with Gasteiger partial charge in [-0.05, 0) is 107 Å². The Hall–Kier alpha value is -4.60. The smallest absolute Gasteiger partial charge is 0.408 e. The van der Waals surface area contributed by atoms with Crippen LogP contribution in [0.5, 0.6) is 11.6 Å². The lowest BCUT2D eigenvalue weighted by molar-refractivity contribution is -0.142. The Kier molecular flexibility index (Phi) is 10.0. The molecule has 4 aliphatic carbocycles. The Balaban J connectivity index is 1.03. The van der Waals surface area contributed by atoms with Crippen LogP contribution >= 0.6 is 0 Å². The zero-order valence-electron chi connectivity index (χ0n) is 34.3. The number of amides is 4. The van der Waals surface area contributed by atoms with E-state index in [1.165, 1.54) is 11.3 Å². The summed E-state index contributed by atoms with van der Waals surface area (Å²) in [4.78, 5) is 65.3. The van der Waals surface area contributed by atoms with E-state index < -0.39 is 68.2 Å². The highest BCUT2D eigenvalue weighted by Crippen LogP contribution is 2.53. The van der Waals surface area contributed by atoms with Crippen molar-refractivity contribution in [3.63, 3.8) is 0 Å². The fourth-order valence-electron chi connectivity index (χ4n) is 9.96. The molecule has 0 radical (unpaired) electrons. The number of sulfonamides is 1. The van der Waals surface area contributed by atoms with E-state index in [0.717, 1.165) is 42.6 Å². The van der Waals surface area contributed by atoms with E-state index in [1.807, 2.05) is 44.3 Å². The predicted molar refractivity (Wildman–Crippen MR) is 218 cm³/mol. The SMILES string of the molecule is C[C@H]1CC/C=C\C2C[C@@]2(C(=O)NS(=O)(=O)C2(C)CC2)NC(=O)[C@@H]2C[C@@H](Oc3nccc4c5c(ccc34)N(C)CCO5)CN2C(=O)[C@@H](NC(=O)OC2C[C@@H]3C[C@@H]3C2)[C@H](C)C1.